The van der Waals surface area contributed by atoms with Gasteiger partial charge in [0.1, 0.15) is 5.75 Å². The van der Waals surface area contributed by atoms with Gasteiger partial charge in [-0.15, -0.1) is 0 Å². The van der Waals surface area contributed by atoms with Crippen LogP contribution in [-0.4, -0.2) is 19.4 Å². The number of hydrogen-bond acceptors (Lipinski definition) is 3. The summed E-state index contributed by atoms with van der Waals surface area (Å²) < 4.78 is 20.9. The third-order valence-electron chi connectivity index (χ3n) is 1.30. The van der Waals surface area contributed by atoms with Crippen LogP contribution < -0.4 is 4.74 Å². The first-order valence-corrected chi connectivity index (χ1v) is 3.72. The second kappa shape index (κ2) is 5.13. The van der Waals surface area contributed by atoms with E-state index >= 15 is 0 Å². The Morgan fingerprint density at radius 2 is 2.00 bits per heavy atom. The van der Waals surface area contributed by atoms with Gasteiger partial charge in [-0.3, -0.25) is 0 Å². The van der Waals surface area contributed by atoms with Crippen LogP contribution >= 0.6 is 0 Å². The minimum Gasteiger partial charge on any atom is -0.457 e. The monoisotopic (exact) mass is 184 g/mol. The van der Waals surface area contributed by atoms with Crippen LogP contribution in [0, 0.1) is 0 Å². The fraction of sp³-hybridized carbons (Fsp3) is 0.222. The molecule has 3 nitrogen and oxygen atoms in total. The summed E-state index contributed by atoms with van der Waals surface area (Å²) in [5, 5.41) is 0. The highest BCUT2D eigenvalue weighted by Crippen LogP contribution is 2.07. The van der Waals surface area contributed by atoms with Crippen LogP contribution in [0.2, 0.25) is 0 Å². The van der Waals surface area contributed by atoms with Crippen molar-refractivity contribution in [2.45, 2.75) is 0 Å². The van der Waals surface area contributed by atoms with Crippen LogP contribution in [0.4, 0.5) is 4.39 Å². The number of esters is 1. The number of alkyl halides is 1. The molecule has 0 bridgehead atoms. The molecule has 0 aliphatic heterocycles. The summed E-state index contributed by atoms with van der Waals surface area (Å²) in [7, 11) is 0. The Bertz CT molecular complexity index is 261. The lowest BCUT2D eigenvalue weighted by Gasteiger charge is -2.04. The van der Waals surface area contributed by atoms with Gasteiger partial charge in [-0.1, -0.05) is 18.2 Å². The summed E-state index contributed by atoms with van der Waals surface area (Å²) in [4.78, 5) is 10.3. The van der Waals surface area contributed by atoms with Crippen LogP contribution in [0.5, 0.6) is 5.75 Å². The van der Waals surface area contributed by atoms with Gasteiger partial charge in [0.25, 0.3) is 0 Å². The van der Waals surface area contributed by atoms with Gasteiger partial charge in [0.2, 0.25) is 6.79 Å². The highest BCUT2D eigenvalue weighted by atomic mass is 19.1. The molecule has 0 saturated heterocycles. The highest BCUT2D eigenvalue weighted by Gasteiger charge is 1.99. The van der Waals surface area contributed by atoms with E-state index in [9.17, 15) is 9.18 Å². The van der Waals surface area contributed by atoms with Gasteiger partial charge in [-0.2, -0.15) is 0 Å². The maximum atomic E-state index is 11.6. The lowest BCUT2D eigenvalue weighted by molar-refractivity contribution is -0.151. The molecule has 0 N–H and O–H groups in total. The van der Waals surface area contributed by atoms with Gasteiger partial charge in [0, 0.05) is 0 Å². The smallest absolute Gasteiger partial charge is 0.340 e. The standard InChI is InChI=1S/C9H9FO3/c10-6-9(11)13-7-12-8-4-2-1-3-5-8/h1-5H,6-7H2. The first-order chi connectivity index (χ1) is 6.33. The minimum atomic E-state index is -1.13. The van der Waals surface area contributed by atoms with Crippen molar-refractivity contribution in [2.75, 3.05) is 13.5 Å². The molecule has 0 heterocycles. The van der Waals surface area contributed by atoms with Crippen LogP contribution in [-0.2, 0) is 9.53 Å². The lowest BCUT2D eigenvalue weighted by atomic mass is 10.3. The molecule has 0 aliphatic rings. The predicted octanol–water partition coefficient (Wildman–Crippen LogP) is 1.54. The van der Waals surface area contributed by atoms with E-state index in [1.165, 1.54) is 0 Å². The molecule has 0 aliphatic carbocycles. The zero-order valence-electron chi connectivity index (χ0n) is 6.90. The third kappa shape index (κ3) is 3.55. The van der Waals surface area contributed by atoms with Crippen LogP contribution in [0.25, 0.3) is 0 Å². The van der Waals surface area contributed by atoms with Crippen LogP contribution in [0.3, 0.4) is 0 Å². The van der Waals surface area contributed by atoms with Crippen molar-refractivity contribution in [1.82, 2.24) is 0 Å². The number of rotatable bonds is 4. The molecule has 0 spiro atoms. The second-order valence-corrected chi connectivity index (χ2v) is 2.23. The van der Waals surface area contributed by atoms with E-state index in [0.717, 1.165) is 0 Å². The summed E-state index contributed by atoms with van der Waals surface area (Å²) in [6, 6.07) is 8.83. The molecule has 13 heavy (non-hydrogen) atoms. The van der Waals surface area contributed by atoms with Gasteiger partial charge in [-0.25, -0.2) is 9.18 Å². The van der Waals surface area contributed by atoms with Crippen molar-refractivity contribution in [3.05, 3.63) is 30.3 Å². The molecule has 70 valence electrons. The van der Waals surface area contributed by atoms with Crippen LogP contribution in [0.15, 0.2) is 30.3 Å². The molecular formula is C9H9FO3. The van der Waals surface area contributed by atoms with Gasteiger partial charge in [0.05, 0.1) is 0 Å². The number of carbonyl (C=O) groups is 1. The molecule has 1 aromatic rings. The number of benzene rings is 1. The largest absolute Gasteiger partial charge is 0.457 e. The summed E-state index contributed by atoms with van der Waals surface area (Å²) in [6.07, 6.45) is 0. The summed E-state index contributed by atoms with van der Waals surface area (Å²) in [6.45, 7) is -1.38. The van der Waals surface area contributed by atoms with Gasteiger partial charge >= 0.3 is 5.97 Å². The number of carbonyl (C=O) groups excluding carboxylic acids is 1. The van der Waals surface area contributed by atoms with E-state index in [1.807, 2.05) is 6.07 Å². The molecule has 0 atom stereocenters. The molecule has 0 aromatic heterocycles. The molecule has 0 radical (unpaired) electrons. The lowest BCUT2D eigenvalue weighted by Crippen LogP contribution is -2.11. The number of para-hydroxylation sites is 1. The molecule has 0 fully saturated rings. The molecule has 0 amide bonds. The summed E-state index contributed by atoms with van der Waals surface area (Å²) in [5.41, 5.74) is 0. The van der Waals surface area contributed by atoms with Gasteiger partial charge in [-0.05, 0) is 12.1 Å². The Morgan fingerprint density at radius 1 is 1.31 bits per heavy atom. The molecule has 0 saturated carbocycles. The van der Waals surface area contributed by atoms with E-state index in [0.29, 0.717) is 5.75 Å². The van der Waals surface area contributed by atoms with E-state index < -0.39 is 12.6 Å². The number of ether oxygens (including phenoxy) is 2. The Morgan fingerprint density at radius 3 is 2.62 bits per heavy atom. The first kappa shape index (κ1) is 9.51. The van der Waals surface area contributed by atoms with Crippen molar-refractivity contribution >= 4 is 5.97 Å². The average Bonchev–Trinajstić information content (AvgIpc) is 2.19. The van der Waals surface area contributed by atoms with Crippen LogP contribution in [0.1, 0.15) is 0 Å². The second-order valence-electron chi connectivity index (χ2n) is 2.23. The summed E-state index contributed by atoms with van der Waals surface area (Å²) in [5.74, 6) is -0.343. The van der Waals surface area contributed by atoms with Gasteiger partial charge < -0.3 is 9.47 Å². The minimum absolute atomic E-state index is 0.257. The topological polar surface area (TPSA) is 35.5 Å². The fourth-order valence-electron chi connectivity index (χ4n) is 0.719. The Kier molecular flexibility index (Phi) is 3.75. The van der Waals surface area contributed by atoms with Gasteiger partial charge in [0.15, 0.2) is 6.67 Å². The molecular weight excluding hydrogens is 175 g/mol. The SMILES string of the molecule is O=C(CF)OCOc1ccccc1. The van der Waals surface area contributed by atoms with Crippen molar-refractivity contribution in [3.63, 3.8) is 0 Å². The molecule has 1 rings (SSSR count). The Balaban J connectivity index is 2.24. The maximum Gasteiger partial charge on any atom is 0.340 e. The Hall–Kier alpha value is -1.58. The summed E-state index contributed by atoms with van der Waals surface area (Å²) >= 11 is 0. The molecule has 4 heteroatoms. The molecule has 1 aromatic carbocycles. The fourth-order valence-corrected chi connectivity index (χ4v) is 0.719. The zero-order chi connectivity index (χ0) is 9.52. The van der Waals surface area contributed by atoms with E-state index in [1.54, 1.807) is 24.3 Å². The maximum absolute atomic E-state index is 11.6. The highest BCUT2D eigenvalue weighted by molar-refractivity contribution is 5.70. The van der Waals surface area contributed by atoms with Crippen molar-refractivity contribution in [1.29, 1.82) is 0 Å². The van der Waals surface area contributed by atoms with Crippen molar-refractivity contribution in [3.8, 4) is 5.75 Å². The average molecular weight is 184 g/mol. The van der Waals surface area contributed by atoms with Crippen molar-refractivity contribution < 1.29 is 18.7 Å². The number of hydrogen-bond donors (Lipinski definition) is 0. The predicted molar refractivity (Wildman–Crippen MR) is 44.0 cm³/mol. The Labute approximate surface area is 75.1 Å². The zero-order valence-corrected chi connectivity index (χ0v) is 6.90. The van der Waals surface area contributed by atoms with E-state index in [4.69, 9.17) is 4.74 Å². The molecule has 0 unspecified atom stereocenters. The normalized spacial score (nSPS) is 9.31. The number of halogens is 1. The first-order valence-electron chi connectivity index (χ1n) is 3.72. The van der Waals surface area contributed by atoms with Crippen molar-refractivity contribution in [2.24, 2.45) is 0 Å². The van der Waals surface area contributed by atoms with E-state index in [-0.39, 0.29) is 6.79 Å². The quantitative estimate of drug-likeness (QED) is 0.526. The third-order valence-corrected chi connectivity index (χ3v) is 1.30. The van der Waals surface area contributed by atoms with E-state index in [2.05, 4.69) is 4.74 Å².